The molecule has 2 aliphatic heterocycles. The normalized spacial score (nSPS) is 18.5. The Hall–Kier alpha value is -3.26. The van der Waals surface area contributed by atoms with Gasteiger partial charge < -0.3 is 4.90 Å². The van der Waals surface area contributed by atoms with Crippen LogP contribution in [0, 0.1) is 5.82 Å². The molecule has 154 valence electrons. The van der Waals surface area contributed by atoms with Crippen LogP contribution in [-0.4, -0.2) is 41.6 Å². The molecule has 1 fully saturated rings. The Bertz CT molecular complexity index is 1090. The van der Waals surface area contributed by atoms with Gasteiger partial charge >= 0.3 is 0 Å². The van der Waals surface area contributed by atoms with E-state index in [2.05, 4.69) is 5.32 Å². The van der Waals surface area contributed by atoms with Crippen LogP contribution in [0.2, 0.25) is 5.02 Å². The molecular weight excluding hydrogens is 413 g/mol. The number of carbonyl (C=O) groups excluding carboxylic acids is 4. The van der Waals surface area contributed by atoms with Crippen molar-refractivity contribution in [2.45, 2.75) is 25.4 Å². The lowest BCUT2D eigenvalue weighted by molar-refractivity contribution is -0.136. The van der Waals surface area contributed by atoms with Crippen LogP contribution in [0.25, 0.3) is 0 Å². The van der Waals surface area contributed by atoms with E-state index in [4.69, 9.17) is 11.6 Å². The largest absolute Gasteiger partial charge is 0.368 e. The molecule has 0 radical (unpaired) electrons. The smallest absolute Gasteiger partial charge is 0.262 e. The molecule has 9 heteroatoms. The van der Waals surface area contributed by atoms with Crippen molar-refractivity contribution in [3.63, 3.8) is 0 Å². The topological polar surface area (TPSA) is 86.8 Å². The average Bonchev–Trinajstić information content (AvgIpc) is 2.93. The fourth-order valence-electron chi connectivity index (χ4n) is 3.72. The molecule has 1 N–H and O–H groups in total. The van der Waals surface area contributed by atoms with Crippen molar-refractivity contribution in [2.75, 3.05) is 11.9 Å². The number of nitrogens with one attached hydrogen (secondary N) is 1. The molecule has 2 heterocycles. The fourth-order valence-corrected chi connectivity index (χ4v) is 3.85. The van der Waals surface area contributed by atoms with Crippen molar-refractivity contribution in [2.24, 2.45) is 0 Å². The van der Waals surface area contributed by atoms with Gasteiger partial charge in [-0.3, -0.25) is 29.4 Å². The van der Waals surface area contributed by atoms with E-state index in [1.165, 1.54) is 6.07 Å². The SMILES string of the molecule is CN(Cc1ccc(Cl)cc1)c1cc2c(cc1F)C(=O)N(C1CCC(=O)NC1=O)C2=O. The zero-order valence-electron chi connectivity index (χ0n) is 15.9. The van der Waals surface area contributed by atoms with Gasteiger partial charge in [0.15, 0.2) is 0 Å². The van der Waals surface area contributed by atoms with Gasteiger partial charge in [-0.05, 0) is 36.2 Å². The lowest BCUT2D eigenvalue weighted by atomic mass is 10.0. The Morgan fingerprint density at radius 1 is 1.10 bits per heavy atom. The molecule has 1 atom stereocenters. The molecule has 0 aromatic heterocycles. The predicted molar refractivity (Wildman–Crippen MR) is 107 cm³/mol. The van der Waals surface area contributed by atoms with Crippen molar-refractivity contribution >= 4 is 40.9 Å². The first-order chi connectivity index (χ1) is 14.3. The van der Waals surface area contributed by atoms with Gasteiger partial charge in [0.25, 0.3) is 11.8 Å². The van der Waals surface area contributed by atoms with Crippen LogP contribution in [-0.2, 0) is 16.1 Å². The molecule has 30 heavy (non-hydrogen) atoms. The molecule has 0 bridgehead atoms. The highest BCUT2D eigenvalue weighted by atomic mass is 35.5. The van der Waals surface area contributed by atoms with E-state index in [0.717, 1.165) is 16.5 Å². The summed E-state index contributed by atoms with van der Waals surface area (Å²) in [6.45, 7) is 0.353. The number of amides is 4. The number of piperidine rings is 1. The van der Waals surface area contributed by atoms with Crippen LogP contribution >= 0.6 is 11.6 Å². The number of hydrogen-bond donors (Lipinski definition) is 1. The third kappa shape index (κ3) is 3.43. The van der Waals surface area contributed by atoms with Crippen molar-refractivity contribution in [3.05, 3.63) is 63.9 Å². The van der Waals surface area contributed by atoms with Gasteiger partial charge in [0.05, 0.1) is 16.8 Å². The summed E-state index contributed by atoms with van der Waals surface area (Å²) >= 11 is 5.89. The monoisotopic (exact) mass is 429 g/mol. The quantitative estimate of drug-likeness (QED) is 0.755. The summed E-state index contributed by atoms with van der Waals surface area (Å²) < 4.78 is 14.8. The number of halogens is 2. The molecule has 1 unspecified atom stereocenters. The maximum atomic E-state index is 14.8. The Morgan fingerprint density at radius 2 is 1.73 bits per heavy atom. The van der Waals surface area contributed by atoms with Crippen LogP contribution in [0.1, 0.15) is 39.1 Å². The number of hydrogen-bond acceptors (Lipinski definition) is 5. The third-order valence-electron chi connectivity index (χ3n) is 5.25. The summed E-state index contributed by atoms with van der Waals surface area (Å²) in [6.07, 6.45) is 0.0647. The number of fused-ring (bicyclic) bond motifs is 1. The minimum atomic E-state index is -1.09. The molecule has 1 saturated heterocycles. The van der Waals surface area contributed by atoms with E-state index >= 15 is 0 Å². The lowest BCUT2D eigenvalue weighted by Crippen LogP contribution is -2.54. The van der Waals surface area contributed by atoms with Gasteiger partial charge in [-0.1, -0.05) is 23.7 Å². The van der Waals surface area contributed by atoms with E-state index in [1.54, 1.807) is 24.1 Å². The zero-order chi connectivity index (χ0) is 21.6. The third-order valence-corrected chi connectivity index (χ3v) is 5.50. The van der Waals surface area contributed by atoms with Gasteiger partial charge in [0.1, 0.15) is 11.9 Å². The maximum Gasteiger partial charge on any atom is 0.262 e. The molecule has 0 aliphatic carbocycles. The molecule has 2 aliphatic rings. The predicted octanol–water partition coefficient (Wildman–Crippen LogP) is 2.52. The summed E-state index contributed by atoms with van der Waals surface area (Å²) in [6, 6.07) is 8.33. The van der Waals surface area contributed by atoms with Crippen molar-refractivity contribution in [1.29, 1.82) is 0 Å². The molecule has 4 rings (SSSR count). The van der Waals surface area contributed by atoms with Gasteiger partial charge in [0, 0.05) is 25.0 Å². The number of anilines is 1. The van der Waals surface area contributed by atoms with E-state index in [0.29, 0.717) is 11.6 Å². The second-order valence-electron chi connectivity index (χ2n) is 7.28. The molecule has 2 aromatic carbocycles. The minimum Gasteiger partial charge on any atom is -0.368 e. The number of benzene rings is 2. The van der Waals surface area contributed by atoms with Crippen LogP contribution in [0.15, 0.2) is 36.4 Å². The van der Waals surface area contributed by atoms with Crippen molar-refractivity contribution in [3.8, 4) is 0 Å². The number of imide groups is 2. The van der Waals surface area contributed by atoms with E-state index in [-0.39, 0.29) is 29.7 Å². The zero-order valence-corrected chi connectivity index (χ0v) is 16.7. The first-order valence-corrected chi connectivity index (χ1v) is 9.64. The van der Waals surface area contributed by atoms with Crippen LogP contribution in [0.4, 0.5) is 10.1 Å². The van der Waals surface area contributed by atoms with Crippen molar-refractivity contribution < 1.29 is 23.6 Å². The summed E-state index contributed by atoms with van der Waals surface area (Å²) in [7, 11) is 1.67. The first kappa shape index (κ1) is 20.0. The second kappa shape index (κ2) is 7.53. The summed E-state index contributed by atoms with van der Waals surface area (Å²) in [4.78, 5) is 51.6. The molecule has 7 nitrogen and oxygen atoms in total. The maximum absolute atomic E-state index is 14.8. The lowest BCUT2D eigenvalue weighted by Gasteiger charge is -2.27. The van der Waals surface area contributed by atoms with Gasteiger partial charge in [-0.25, -0.2) is 4.39 Å². The second-order valence-corrected chi connectivity index (χ2v) is 7.72. The molecular formula is C21H17ClFN3O4. The molecule has 0 saturated carbocycles. The molecule has 2 aromatic rings. The van der Waals surface area contributed by atoms with Gasteiger partial charge in [-0.15, -0.1) is 0 Å². The first-order valence-electron chi connectivity index (χ1n) is 9.27. The number of carbonyl (C=O) groups is 4. The summed E-state index contributed by atoms with van der Waals surface area (Å²) in [5, 5.41) is 2.72. The van der Waals surface area contributed by atoms with E-state index in [1.807, 2.05) is 12.1 Å². The number of rotatable bonds is 4. The molecule has 4 amide bonds. The summed E-state index contributed by atoms with van der Waals surface area (Å²) in [5.41, 5.74) is 0.972. The van der Waals surface area contributed by atoms with Crippen LogP contribution in [0.5, 0.6) is 0 Å². The Kier molecular flexibility index (Phi) is 5.03. The standard InChI is InChI=1S/C21H17ClFN3O4/c1-25(10-11-2-4-12(22)5-3-11)17-9-14-13(8-15(17)23)20(29)26(21(14)30)16-6-7-18(27)24-19(16)28/h2-5,8-9,16H,6-7,10H2,1H3,(H,24,27,28). The summed E-state index contributed by atoms with van der Waals surface area (Å²) in [5.74, 6) is -3.23. The fraction of sp³-hybridized carbons (Fsp3) is 0.238. The van der Waals surface area contributed by atoms with E-state index in [9.17, 15) is 23.6 Å². The van der Waals surface area contributed by atoms with E-state index < -0.39 is 35.5 Å². The molecule has 0 spiro atoms. The Morgan fingerprint density at radius 3 is 2.37 bits per heavy atom. The average molecular weight is 430 g/mol. The van der Waals surface area contributed by atoms with Crippen molar-refractivity contribution in [1.82, 2.24) is 10.2 Å². The van der Waals surface area contributed by atoms with Crippen LogP contribution < -0.4 is 10.2 Å². The number of nitrogens with zero attached hydrogens (tertiary/aromatic N) is 2. The Labute approximate surface area is 176 Å². The van der Waals surface area contributed by atoms with Crippen LogP contribution in [0.3, 0.4) is 0 Å². The van der Waals surface area contributed by atoms with Gasteiger partial charge in [0.2, 0.25) is 11.8 Å². The van der Waals surface area contributed by atoms with Gasteiger partial charge in [-0.2, -0.15) is 0 Å². The highest BCUT2D eigenvalue weighted by Crippen LogP contribution is 2.32. The highest BCUT2D eigenvalue weighted by Gasteiger charge is 2.45. The Balaban J connectivity index is 1.62. The highest BCUT2D eigenvalue weighted by molar-refractivity contribution is 6.30. The minimum absolute atomic E-state index is 0.0211.